The molecule has 0 heterocycles. The molecule has 0 radical (unpaired) electrons. The van der Waals surface area contributed by atoms with Crippen molar-refractivity contribution in [3.8, 4) is 0 Å². The third-order valence-electron chi connectivity index (χ3n) is 8.48. The molecule has 4 aromatic carbocycles. The van der Waals surface area contributed by atoms with E-state index in [1.165, 1.54) is 24.3 Å². The molecular formula is C37H31Cl7F12K2N2O12S3. The molecule has 0 saturated heterocycles. The van der Waals surface area contributed by atoms with Crippen LogP contribution in [0.5, 0.6) is 0 Å². The largest absolute Gasteiger partial charge is 1.00 e. The second-order valence-electron chi connectivity index (χ2n) is 13.9. The summed E-state index contributed by atoms with van der Waals surface area (Å²) in [7, 11) is -13.6. The summed E-state index contributed by atoms with van der Waals surface area (Å²) in [6.07, 6.45) is -20.9. The average molecular weight is 1350 g/mol. The molecule has 0 aliphatic carbocycles. The van der Waals surface area contributed by atoms with E-state index < -0.39 is 116 Å². The number of carbonyl (C=O) groups is 1. The number of nitrogens with zero attached hydrogens (tertiary/aromatic N) is 1. The Morgan fingerprint density at radius 2 is 1.01 bits per heavy atom. The Labute approximate surface area is 540 Å². The molecule has 0 aliphatic heterocycles. The first-order chi connectivity index (χ1) is 32.7. The maximum absolute atomic E-state index is 13.1. The SMILES string of the molecule is CC(O)(c1ccc(N(CC(F)(F)F)S(=O)(=O)c2cccc(Cl)c2Cl)cc1)C(F)(F)F.CC(O)(c1ccc(NS(=O)(=O)c2cccc(Cl)c2Cl)cc1)C(F)(F)F.O=CO[O-].O=S(=O)(OCCC(F)(F)F)C(Cl)(Cl)Cl.[H-].[K+].[K+]. The van der Waals surface area contributed by atoms with Crippen molar-refractivity contribution in [3.63, 3.8) is 0 Å². The van der Waals surface area contributed by atoms with Crippen molar-refractivity contribution in [3.05, 3.63) is 116 Å². The summed E-state index contributed by atoms with van der Waals surface area (Å²) in [4.78, 5) is 10.3. The van der Waals surface area contributed by atoms with Crippen molar-refractivity contribution in [2.75, 3.05) is 22.2 Å². The van der Waals surface area contributed by atoms with E-state index in [0.717, 1.165) is 48.5 Å². The first kappa shape index (κ1) is 77.2. The average Bonchev–Trinajstić information content (AvgIpc) is 3.23. The van der Waals surface area contributed by atoms with Gasteiger partial charge in [0.2, 0.25) is 0 Å². The standard InChI is InChI=1S/C17H13Cl2F6NO3S.C15H12Cl2F3NO3S.C4H4Cl3F3O3S.CH2O3.2K.H/c1-15(27,17(23,24)25)10-5-7-11(8-6-10)26(9-16(20,21)22)30(28,29)13-4-2-3-12(18)14(13)19;1-14(22,15(18,19)20)9-5-7-10(8-6-9)21-25(23,24)12-4-2-3-11(16)13(12)17;5-4(6,7)14(11,12)13-2-1-3(8,9)10;2-1-4-3;;;/h2-8,27H,9H2,1H3;2-8,21-22H,1H3;1-2H2;1,3H;;;/q;;;;2*+1;-1/p-1. The molecule has 3 N–H and O–H groups in total. The summed E-state index contributed by atoms with van der Waals surface area (Å²) < 4.78 is 226. The molecule has 38 heteroatoms. The van der Waals surface area contributed by atoms with Gasteiger partial charge in [0, 0.05) is 5.69 Å². The fourth-order valence-corrected chi connectivity index (χ4v) is 9.51. The van der Waals surface area contributed by atoms with Crippen LogP contribution in [0.4, 0.5) is 64.1 Å². The minimum Gasteiger partial charge on any atom is -1.00 e. The van der Waals surface area contributed by atoms with Crippen LogP contribution in [-0.2, 0) is 55.2 Å². The van der Waals surface area contributed by atoms with E-state index in [9.17, 15) is 88.2 Å². The van der Waals surface area contributed by atoms with Gasteiger partial charge in [0.05, 0.1) is 38.8 Å². The molecule has 4 rings (SSSR count). The molecule has 4 aromatic rings. The van der Waals surface area contributed by atoms with Gasteiger partial charge in [-0.2, -0.15) is 61.1 Å². The molecule has 0 bridgehead atoms. The molecule has 0 amide bonds. The Morgan fingerprint density at radius 3 is 1.36 bits per heavy atom. The second-order valence-corrected chi connectivity index (χ2v) is 23.6. The molecule has 2 atom stereocenters. The third kappa shape index (κ3) is 23.5. The van der Waals surface area contributed by atoms with E-state index in [1.54, 1.807) is 0 Å². The van der Waals surface area contributed by atoms with Crippen LogP contribution in [0.15, 0.2) is 94.7 Å². The number of halogens is 19. The summed E-state index contributed by atoms with van der Waals surface area (Å²) in [6, 6.07) is 14.3. The minimum atomic E-state index is -5.07. The Morgan fingerprint density at radius 1 is 0.640 bits per heavy atom. The van der Waals surface area contributed by atoms with Gasteiger partial charge in [-0.05, 0) is 73.5 Å². The second kappa shape index (κ2) is 30.4. The van der Waals surface area contributed by atoms with E-state index in [1.807, 2.05) is 0 Å². The van der Waals surface area contributed by atoms with Crippen molar-refractivity contribution in [2.45, 2.75) is 69.1 Å². The van der Waals surface area contributed by atoms with E-state index in [4.69, 9.17) is 91.3 Å². The first-order valence-corrected chi connectivity index (χ1v) is 25.2. The van der Waals surface area contributed by atoms with Crippen LogP contribution in [0.3, 0.4) is 0 Å². The van der Waals surface area contributed by atoms with Gasteiger partial charge in [-0.25, -0.2) is 16.8 Å². The Kier molecular flexibility index (Phi) is 31.3. The molecular weight excluding hydrogens is 1310 g/mol. The van der Waals surface area contributed by atoms with Crippen LogP contribution in [-0.4, -0.2) is 82.9 Å². The van der Waals surface area contributed by atoms with Crippen LogP contribution in [0, 0.1) is 0 Å². The van der Waals surface area contributed by atoms with Crippen LogP contribution in [0.2, 0.25) is 20.1 Å². The number of hydrogen-bond acceptors (Lipinski definition) is 12. The predicted octanol–water partition coefficient (Wildman–Crippen LogP) is 5.25. The van der Waals surface area contributed by atoms with Crippen molar-refractivity contribution in [2.24, 2.45) is 0 Å². The van der Waals surface area contributed by atoms with Crippen molar-refractivity contribution >= 4 is 129 Å². The molecule has 2 unspecified atom stereocenters. The molecule has 0 spiro atoms. The van der Waals surface area contributed by atoms with Gasteiger partial charge in [-0.1, -0.05) is 118 Å². The predicted molar refractivity (Wildman–Crippen MR) is 243 cm³/mol. The van der Waals surface area contributed by atoms with Crippen LogP contribution in [0.1, 0.15) is 32.8 Å². The van der Waals surface area contributed by atoms with Gasteiger partial charge in [0.15, 0.2) is 11.2 Å². The van der Waals surface area contributed by atoms with E-state index in [2.05, 4.69) is 13.8 Å². The van der Waals surface area contributed by atoms with Crippen molar-refractivity contribution in [1.29, 1.82) is 0 Å². The van der Waals surface area contributed by atoms with E-state index >= 15 is 0 Å². The number of aliphatic hydroxyl groups is 2. The summed E-state index contributed by atoms with van der Waals surface area (Å²) in [5.74, 6) is 0. The molecule has 14 nitrogen and oxygen atoms in total. The number of carbonyl (C=O) groups excluding carboxylic acids is 1. The maximum Gasteiger partial charge on any atom is 1.00 e. The van der Waals surface area contributed by atoms with Crippen molar-refractivity contribution in [1.82, 2.24) is 0 Å². The Balaban J connectivity index is -0.00000105. The molecule has 75 heavy (non-hydrogen) atoms. The monoisotopic (exact) mass is 1340 g/mol. The number of sulfonamides is 2. The quantitative estimate of drug-likeness (QED) is 0.0298. The van der Waals surface area contributed by atoms with Gasteiger partial charge < -0.3 is 21.8 Å². The van der Waals surface area contributed by atoms with Gasteiger partial charge in [-0.15, -0.1) is 0 Å². The molecule has 414 valence electrons. The maximum atomic E-state index is 13.1. The summed E-state index contributed by atoms with van der Waals surface area (Å²) in [5, 5.41) is 26.8. The van der Waals surface area contributed by atoms with Crippen molar-refractivity contribution < 1.29 is 211 Å². The number of benzene rings is 4. The zero-order valence-corrected chi connectivity index (χ0v) is 51.6. The number of rotatable bonds is 13. The van der Waals surface area contributed by atoms with Gasteiger partial charge in [0.25, 0.3) is 26.5 Å². The first-order valence-electron chi connectivity index (χ1n) is 18.3. The summed E-state index contributed by atoms with van der Waals surface area (Å²) >= 11 is 38.0. The fourth-order valence-electron chi connectivity index (χ4n) is 4.66. The smallest absolute Gasteiger partial charge is 1.00 e. The van der Waals surface area contributed by atoms with Gasteiger partial charge in [0.1, 0.15) is 16.3 Å². The van der Waals surface area contributed by atoms with Crippen LogP contribution >= 0.6 is 81.2 Å². The molecule has 0 fully saturated rings. The van der Waals surface area contributed by atoms with Crippen LogP contribution in [0.25, 0.3) is 0 Å². The van der Waals surface area contributed by atoms with Gasteiger partial charge in [-0.3, -0.25) is 18.0 Å². The summed E-state index contributed by atoms with van der Waals surface area (Å²) in [6.45, 7) is -2.21. The van der Waals surface area contributed by atoms with Gasteiger partial charge >= 0.3 is 141 Å². The van der Waals surface area contributed by atoms with E-state index in [-0.39, 0.29) is 141 Å². The molecule has 0 aliphatic rings. The molecule has 0 aromatic heterocycles. The third-order valence-corrected chi connectivity index (χ3v) is 16.3. The number of anilines is 2. The Hall–Kier alpha value is 0.103. The van der Waals surface area contributed by atoms with Crippen LogP contribution < -0.4 is 117 Å². The number of hydrogen-bond donors (Lipinski definition) is 3. The minimum absolute atomic E-state index is 0. The molecule has 0 saturated carbocycles. The number of alkyl halides is 15. The Bertz CT molecular complexity index is 2840. The van der Waals surface area contributed by atoms with E-state index in [0.29, 0.717) is 26.0 Å². The fraction of sp³-hybridized carbons (Fsp3) is 0.324. The number of nitrogens with one attached hydrogen (secondary N) is 1. The summed E-state index contributed by atoms with van der Waals surface area (Å²) in [5.41, 5.74) is -8.06. The zero-order valence-electron chi connectivity index (χ0n) is 38.6. The normalized spacial score (nSPS) is 13.9. The zero-order chi connectivity index (χ0) is 57.2. The topological polar surface area (TPSA) is 217 Å².